The number of rotatable bonds is 8. The minimum Gasteiger partial charge on any atom is -0.461 e. The quantitative estimate of drug-likeness (QED) is 0.409. The fourth-order valence-corrected chi connectivity index (χ4v) is 4.38. The molecule has 0 bridgehead atoms. The SMILES string of the molecule is Cc1cc(C)c(S(=O)(=O)NCCC(=O)OCc2ccc([N+](=O)[O-])cc2)c(C)c1. The van der Waals surface area contributed by atoms with Crippen molar-refractivity contribution in [2.45, 2.75) is 38.7 Å². The summed E-state index contributed by atoms with van der Waals surface area (Å²) in [6.07, 6.45) is -0.129. The molecule has 0 aliphatic heterocycles. The summed E-state index contributed by atoms with van der Waals surface area (Å²) in [5.41, 5.74) is 2.82. The molecule has 150 valence electrons. The van der Waals surface area contributed by atoms with Crippen LogP contribution in [0.5, 0.6) is 0 Å². The molecule has 0 radical (unpaired) electrons. The number of carbonyl (C=O) groups is 1. The maximum atomic E-state index is 12.5. The van der Waals surface area contributed by atoms with Crippen LogP contribution < -0.4 is 4.72 Å². The Kier molecular flexibility index (Phi) is 6.87. The molecule has 0 saturated heterocycles. The Labute approximate surface area is 163 Å². The number of nitrogens with zero attached hydrogens (tertiary/aromatic N) is 1. The summed E-state index contributed by atoms with van der Waals surface area (Å²) in [6, 6.07) is 9.22. The van der Waals surface area contributed by atoms with Gasteiger partial charge in [0.2, 0.25) is 10.0 Å². The molecular formula is C19H22N2O6S. The van der Waals surface area contributed by atoms with Crippen LogP contribution in [0.2, 0.25) is 0 Å². The summed E-state index contributed by atoms with van der Waals surface area (Å²) in [5.74, 6) is -0.571. The van der Waals surface area contributed by atoms with Crippen LogP contribution >= 0.6 is 0 Å². The van der Waals surface area contributed by atoms with Gasteiger partial charge in [0, 0.05) is 18.7 Å². The van der Waals surface area contributed by atoms with Gasteiger partial charge in [0.1, 0.15) is 6.61 Å². The van der Waals surface area contributed by atoms with Gasteiger partial charge in [-0.25, -0.2) is 13.1 Å². The number of carbonyl (C=O) groups excluding carboxylic acids is 1. The van der Waals surface area contributed by atoms with Crippen LogP contribution in [-0.2, 0) is 26.2 Å². The molecule has 8 nitrogen and oxygen atoms in total. The Bertz CT molecular complexity index is 961. The highest BCUT2D eigenvalue weighted by Gasteiger charge is 2.20. The minimum absolute atomic E-state index is 0.0419. The summed E-state index contributed by atoms with van der Waals surface area (Å²) in [6.45, 7) is 5.22. The zero-order chi connectivity index (χ0) is 20.9. The number of hydrogen-bond donors (Lipinski definition) is 1. The normalized spacial score (nSPS) is 11.2. The first-order chi connectivity index (χ1) is 13.1. The van der Waals surface area contributed by atoms with E-state index in [1.165, 1.54) is 24.3 Å². The van der Waals surface area contributed by atoms with Gasteiger partial charge in [0.15, 0.2) is 0 Å². The van der Waals surface area contributed by atoms with E-state index < -0.39 is 20.9 Å². The van der Waals surface area contributed by atoms with Crippen molar-refractivity contribution < 1.29 is 22.9 Å². The van der Waals surface area contributed by atoms with E-state index in [-0.39, 0.29) is 30.2 Å². The minimum atomic E-state index is -3.74. The molecule has 0 atom stereocenters. The molecule has 0 spiro atoms. The molecule has 0 aliphatic rings. The molecular weight excluding hydrogens is 384 g/mol. The zero-order valence-electron chi connectivity index (χ0n) is 15.9. The summed E-state index contributed by atoms with van der Waals surface area (Å²) in [7, 11) is -3.74. The summed E-state index contributed by atoms with van der Waals surface area (Å²) in [5, 5.41) is 10.6. The Morgan fingerprint density at radius 2 is 1.68 bits per heavy atom. The Morgan fingerprint density at radius 3 is 2.21 bits per heavy atom. The van der Waals surface area contributed by atoms with Crippen molar-refractivity contribution in [2.24, 2.45) is 0 Å². The van der Waals surface area contributed by atoms with E-state index in [0.29, 0.717) is 16.7 Å². The maximum Gasteiger partial charge on any atom is 0.307 e. The zero-order valence-corrected chi connectivity index (χ0v) is 16.7. The molecule has 2 rings (SSSR count). The molecule has 0 amide bonds. The average Bonchev–Trinajstić information content (AvgIpc) is 2.59. The van der Waals surface area contributed by atoms with E-state index >= 15 is 0 Å². The molecule has 0 heterocycles. The van der Waals surface area contributed by atoms with Crippen molar-refractivity contribution in [1.82, 2.24) is 4.72 Å². The van der Waals surface area contributed by atoms with E-state index in [9.17, 15) is 23.3 Å². The second-order valence-electron chi connectivity index (χ2n) is 6.46. The van der Waals surface area contributed by atoms with E-state index in [0.717, 1.165) is 5.56 Å². The smallest absolute Gasteiger partial charge is 0.307 e. The van der Waals surface area contributed by atoms with Gasteiger partial charge in [-0.15, -0.1) is 0 Å². The third kappa shape index (κ3) is 5.61. The van der Waals surface area contributed by atoms with Crippen molar-refractivity contribution in [1.29, 1.82) is 0 Å². The lowest BCUT2D eigenvalue weighted by Crippen LogP contribution is -2.28. The molecule has 2 aromatic carbocycles. The standard InChI is InChI=1S/C19H22N2O6S/c1-13-10-14(2)19(15(3)11-13)28(25,26)20-9-8-18(22)27-12-16-4-6-17(7-5-16)21(23)24/h4-7,10-11,20H,8-9,12H2,1-3H3. The number of aryl methyl sites for hydroxylation is 3. The molecule has 1 N–H and O–H groups in total. The second-order valence-corrected chi connectivity index (χ2v) is 8.16. The van der Waals surface area contributed by atoms with Crippen LogP contribution in [0.1, 0.15) is 28.7 Å². The van der Waals surface area contributed by atoms with E-state index in [2.05, 4.69) is 4.72 Å². The third-order valence-corrected chi connectivity index (χ3v) is 5.81. The van der Waals surface area contributed by atoms with Crippen LogP contribution in [0.4, 0.5) is 5.69 Å². The highest BCUT2D eigenvalue weighted by molar-refractivity contribution is 7.89. The van der Waals surface area contributed by atoms with E-state index in [4.69, 9.17) is 4.74 Å². The van der Waals surface area contributed by atoms with Crippen molar-refractivity contribution in [3.05, 3.63) is 68.8 Å². The Hall–Kier alpha value is -2.78. The molecule has 9 heteroatoms. The van der Waals surface area contributed by atoms with Gasteiger partial charge >= 0.3 is 5.97 Å². The molecule has 28 heavy (non-hydrogen) atoms. The van der Waals surface area contributed by atoms with Crippen molar-refractivity contribution in [2.75, 3.05) is 6.54 Å². The third-order valence-electron chi connectivity index (χ3n) is 4.04. The number of non-ortho nitro benzene ring substituents is 1. The number of nitrogens with one attached hydrogen (secondary N) is 1. The molecule has 2 aromatic rings. The highest BCUT2D eigenvalue weighted by Crippen LogP contribution is 2.21. The number of benzene rings is 2. The first-order valence-corrected chi connectivity index (χ1v) is 10.0. The Balaban J connectivity index is 1.87. The van der Waals surface area contributed by atoms with Gasteiger partial charge < -0.3 is 4.74 Å². The van der Waals surface area contributed by atoms with Gasteiger partial charge in [-0.1, -0.05) is 17.7 Å². The summed E-state index contributed by atoms with van der Waals surface area (Å²) >= 11 is 0. The van der Waals surface area contributed by atoms with Crippen molar-refractivity contribution in [3.63, 3.8) is 0 Å². The lowest BCUT2D eigenvalue weighted by molar-refractivity contribution is -0.384. The van der Waals surface area contributed by atoms with Gasteiger partial charge in [0.05, 0.1) is 16.2 Å². The van der Waals surface area contributed by atoms with Gasteiger partial charge in [0.25, 0.3) is 5.69 Å². The van der Waals surface area contributed by atoms with E-state index in [1.807, 2.05) is 6.92 Å². The predicted octanol–water partition coefficient (Wildman–Crippen LogP) is 2.93. The highest BCUT2D eigenvalue weighted by atomic mass is 32.2. The molecule has 0 unspecified atom stereocenters. The number of esters is 1. The van der Waals surface area contributed by atoms with Crippen LogP contribution in [-0.4, -0.2) is 25.9 Å². The summed E-state index contributed by atoms with van der Waals surface area (Å²) in [4.78, 5) is 22.1. The monoisotopic (exact) mass is 406 g/mol. The first kappa shape index (κ1) is 21.5. The van der Waals surface area contributed by atoms with Crippen LogP contribution in [0.25, 0.3) is 0 Å². The van der Waals surface area contributed by atoms with Crippen LogP contribution in [0, 0.1) is 30.9 Å². The number of nitro groups is 1. The topological polar surface area (TPSA) is 116 Å². The van der Waals surface area contributed by atoms with Gasteiger partial charge in [-0.3, -0.25) is 14.9 Å². The van der Waals surface area contributed by atoms with Crippen LogP contribution in [0.15, 0.2) is 41.3 Å². The van der Waals surface area contributed by atoms with Gasteiger partial charge in [-0.05, 0) is 49.6 Å². The maximum absolute atomic E-state index is 12.5. The lowest BCUT2D eigenvalue weighted by atomic mass is 10.1. The number of ether oxygens (including phenoxy) is 1. The van der Waals surface area contributed by atoms with Crippen molar-refractivity contribution in [3.8, 4) is 0 Å². The van der Waals surface area contributed by atoms with E-state index in [1.54, 1.807) is 26.0 Å². The molecule has 0 aliphatic carbocycles. The first-order valence-electron chi connectivity index (χ1n) is 8.56. The number of hydrogen-bond acceptors (Lipinski definition) is 6. The van der Waals surface area contributed by atoms with Crippen LogP contribution in [0.3, 0.4) is 0 Å². The number of sulfonamides is 1. The second kappa shape index (κ2) is 8.94. The lowest BCUT2D eigenvalue weighted by Gasteiger charge is -2.13. The molecule has 0 saturated carbocycles. The predicted molar refractivity (Wildman–Crippen MR) is 103 cm³/mol. The fraction of sp³-hybridized carbons (Fsp3) is 0.316. The molecule has 0 aromatic heterocycles. The van der Waals surface area contributed by atoms with Crippen molar-refractivity contribution >= 4 is 21.7 Å². The summed E-state index contributed by atoms with van der Waals surface area (Å²) < 4.78 is 32.5. The number of nitro benzene ring substituents is 1. The molecule has 0 fully saturated rings. The average molecular weight is 406 g/mol. The Morgan fingerprint density at radius 1 is 1.11 bits per heavy atom. The largest absolute Gasteiger partial charge is 0.461 e. The van der Waals surface area contributed by atoms with Gasteiger partial charge in [-0.2, -0.15) is 0 Å². The fourth-order valence-electron chi connectivity index (χ4n) is 2.90.